The number of carbonyl (C=O) groups is 1. The van der Waals surface area contributed by atoms with Crippen molar-refractivity contribution in [1.82, 2.24) is 5.32 Å². The van der Waals surface area contributed by atoms with E-state index in [1.165, 1.54) is 77.0 Å². The van der Waals surface area contributed by atoms with Crippen molar-refractivity contribution in [1.29, 1.82) is 0 Å². The van der Waals surface area contributed by atoms with Crippen LogP contribution < -0.4 is 11.1 Å². The Kier molecular flexibility index (Phi) is 33.2. The first-order chi connectivity index (χ1) is 23.3. The summed E-state index contributed by atoms with van der Waals surface area (Å²) >= 11 is 0. The van der Waals surface area contributed by atoms with Gasteiger partial charge >= 0.3 is 7.82 Å². The minimum absolute atomic E-state index is 0.0459. The first-order valence-corrected chi connectivity index (χ1v) is 20.7. The summed E-state index contributed by atoms with van der Waals surface area (Å²) < 4.78 is 22.0. The zero-order chi connectivity index (χ0) is 35.6. The van der Waals surface area contributed by atoms with Crippen LogP contribution in [0.5, 0.6) is 0 Å². The van der Waals surface area contributed by atoms with Gasteiger partial charge in [-0.15, -0.1) is 0 Å². The van der Waals surface area contributed by atoms with E-state index in [1.54, 1.807) is 6.08 Å². The van der Waals surface area contributed by atoms with E-state index in [-0.39, 0.29) is 19.6 Å². The molecule has 0 aliphatic rings. The third-order valence-corrected chi connectivity index (χ3v) is 9.28. The largest absolute Gasteiger partial charge is 0.472 e. The second-order valence-electron chi connectivity index (χ2n) is 13.0. The van der Waals surface area contributed by atoms with E-state index in [1.807, 2.05) is 6.08 Å². The number of amides is 1. The molecule has 0 saturated carbocycles. The van der Waals surface area contributed by atoms with Crippen molar-refractivity contribution in [3.8, 4) is 0 Å². The Morgan fingerprint density at radius 3 is 1.77 bits per heavy atom. The van der Waals surface area contributed by atoms with Gasteiger partial charge in [-0.1, -0.05) is 147 Å². The number of phosphoric acid groups is 1. The molecule has 0 aromatic carbocycles. The molecule has 0 aliphatic carbocycles. The topological polar surface area (TPSA) is 151 Å². The van der Waals surface area contributed by atoms with E-state index in [0.717, 1.165) is 57.8 Å². The van der Waals surface area contributed by atoms with Crippen LogP contribution in [0.2, 0.25) is 0 Å². The smallest absolute Gasteiger partial charge is 0.393 e. The predicted octanol–water partition coefficient (Wildman–Crippen LogP) is 8.97. The molecule has 0 fully saturated rings. The summed E-state index contributed by atoms with van der Waals surface area (Å²) in [5, 5.41) is 23.9. The van der Waals surface area contributed by atoms with E-state index < -0.39 is 38.6 Å². The van der Waals surface area contributed by atoms with Crippen LogP contribution in [-0.2, 0) is 18.4 Å². The lowest BCUT2D eigenvalue weighted by atomic mass is 10.0. The second kappa shape index (κ2) is 34.1. The number of allylic oxidation sites excluding steroid dienone is 5. The third-order valence-electron chi connectivity index (χ3n) is 8.29. The number of phosphoric ester groups is 1. The van der Waals surface area contributed by atoms with Gasteiger partial charge in [0.15, 0.2) is 0 Å². The molecular weight excluding hydrogens is 627 g/mol. The molecule has 4 atom stereocenters. The van der Waals surface area contributed by atoms with E-state index in [9.17, 15) is 24.5 Å². The molecule has 10 heteroatoms. The van der Waals surface area contributed by atoms with E-state index in [2.05, 4.69) is 43.5 Å². The molecule has 282 valence electrons. The molecular formula is C38H73N2O7P. The van der Waals surface area contributed by atoms with E-state index >= 15 is 0 Å². The van der Waals surface area contributed by atoms with E-state index in [0.29, 0.717) is 6.42 Å². The molecule has 48 heavy (non-hydrogen) atoms. The Morgan fingerprint density at radius 2 is 1.21 bits per heavy atom. The van der Waals surface area contributed by atoms with Crippen LogP contribution in [0.3, 0.4) is 0 Å². The molecule has 0 aliphatic heterocycles. The number of aliphatic hydroxyl groups excluding tert-OH is 2. The molecule has 4 unspecified atom stereocenters. The van der Waals surface area contributed by atoms with Crippen LogP contribution in [0.4, 0.5) is 0 Å². The Balaban J connectivity index is 4.48. The van der Waals surface area contributed by atoms with Crippen molar-refractivity contribution >= 4 is 13.7 Å². The molecule has 0 saturated heterocycles. The fraction of sp³-hybridized carbons (Fsp3) is 0.816. The van der Waals surface area contributed by atoms with Crippen LogP contribution in [0.25, 0.3) is 0 Å². The molecule has 0 radical (unpaired) electrons. The number of nitrogens with two attached hydrogens (primary N) is 1. The molecule has 0 heterocycles. The number of hydrogen-bond donors (Lipinski definition) is 5. The van der Waals surface area contributed by atoms with Gasteiger partial charge in [0.25, 0.3) is 0 Å². The Hall–Kier alpha value is -1.32. The normalized spacial score (nSPS) is 15.4. The first kappa shape index (κ1) is 46.7. The van der Waals surface area contributed by atoms with Crippen molar-refractivity contribution in [2.45, 2.75) is 180 Å². The molecule has 0 bridgehead atoms. The number of rotatable bonds is 35. The molecule has 6 N–H and O–H groups in total. The standard InChI is InChI=1S/C38H73N2O7P/c1-3-5-7-9-11-13-15-17-19-21-23-25-27-29-35(41)33-38(43)40-36(34-47-48(44,45)46-32-31-39)37(42)30-28-26-24-22-20-18-16-14-12-10-8-6-4-2/h11,13,15,17,28,30,35-37,41-42H,3-10,12,14,16,18-27,29,31-34,39H2,1-2H3,(H,40,43)(H,44,45)/b13-11-,17-15-,30-28+. The van der Waals surface area contributed by atoms with Gasteiger partial charge in [-0.3, -0.25) is 13.8 Å². The van der Waals surface area contributed by atoms with E-state index in [4.69, 9.17) is 14.8 Å². The number of hydrogen-bond acceptors (Lipinski definition) is 7. The highest BCUT2D eigenvalue weighted by atomic mass is 31.2. The summed E-state index contributed by atoms with van der Waals surface area (Å²) in [7, 11) is -4.40. The molecule has 0 aromatic rings. The highest BCUT2D eigenvalue weighted by Gasteiger charge is 2.27. The van der Waals surface area contributed by atoms with Crippen LogP contribution in [0.15, 0.2) is 36.5 Å². The van der Waals surface area contributed by atoms with Crippen molar-refractivity contribution in [2.24, 2.45) is 5.73 Å². The maximum absolute atomic E-state index is 12.7. The third kappa shape index (κ3) is 31.9. The Morgan fingerprint density at radius 1 is 0.729 bits per heavy atom. The molecule has 0 spiro atoms. The van der Waals surface area contributed by atoms with Gasteiger partial charge in [0.2, 0.25) is 5.91 Å². The highest BCUT2D eigenvalue weighted by Crippen LogP contribution is 2.43. The second-order valence-corrected chi connectivity index (χ2v) is 14.5. The summed E-state index contributed by atoms with van der Waals surface area (Å²) in [5.41, 5.74) is 5.34. The number of aliphatic hydroxyl groups is 2. The lowest BCUT2D eigenvalue weighted by Gasteiger charge is -2.24. The van der Waals surface area contributed by atoms with Crippen molar-refractivity contribution < 1.29 is 33.5 Å². The zero-order valence-electron chi connectivity index (χ0n) is 30.6. The SMILES string of the molecule is CCCCC/C=C\C=C/CCCCCCC(O)CC(=O)NC(COP(=O)(O)OCCN)C(O)/C=C/CCCCCCCCCCCCC. The monoisotopic (exact) mass is 701 g/mol. The van der Waals surface area contributed by atoms with Gasteiger partial charge in [0, 0.05) is 6.54 Å². The molecule has 0 rings (SSSR count). The summed E-state index contributed by atoms with van der Waals surface area (Å²) in [5.74, 6) is -0.461. The van der Waals surface area contributed by atoms with Gasteiger partial charge in [0.05, 0.1) is 37.9 Å². The lowest BCUT2D eigenvalue weighted by Crippen LogP contribution is -2.46. The molecule has 1 amide bonds. The van der Waals surface area contributed by atoms with Gasteiger partial charge in [-0.2, -0.15) is 0 Å². The minimum atomic E-state index is -4.40. The van der Waals surface area contributed by atoms with Crippen LogP contribution in [0.1, 0.15) is 162 Å². The average molecular weight is 701 g/mol. The fourth-order valence-corrected chi connectivity index (χ4v) is 6.10. The highest BCUT2D eigenvalue weighted by molar-refractivity contribution is 7.47. The fourth-order valence-electron chi connectivity index (χ4n) is 5.34. The number of unbranched alkanes of at least 4 members (excludes halogenated alkanes) is 18. The summed E-state index contributed by atoms with van der Waals surface area (Å²) in [4.78, 5) is 22.6. The number of nitrogens with one attached hydrogen (secondary N) is 1. The van der Waals surface area contributed by atoms with Gasteiger partial charge < -0.3 is 26.2 Å². The lowest BCUT2D eigenvalue weighted by molar-refractivity contribution is -0.124. The van der Waals surface area contributed by atoms with Gasteiger partial charge in [-0.05, 0) is 44.9 Å². The predicted molar refractivity (Wildman–Crippen MR) is 200 cm³/mol. The summed E-state index contributed by atoms with van der Waals surface area (Å²) in [6.45, 7) is 3.90. The summed E-state index contributed by atoms with van der Waals surface area (Å²) in [6.07, 6.45) is 35.1. The van der Waals surface area contributed by atoms with Crippen LogP contribution >= 0.6 is 7.82 Å². The first-order valence-electron chi connectivity index (χ1n) is 19.2. The number of carbonyl (C=O) groups excluding carboxylic acids is 1. The minimum Gasteiger partial charge on any atom is -0.393 e. The van der Waals surface area contributed by atoms with Crippen LogP contribution in [0, 0.1) is 0 Å². The average Bonchev–Trinajstić information content (AvgIpc) is 3.06. The quantitative estimate of drug-likeness (QED) is 0.0190. The van der Waals surface area contributed by atoms with Crippen molar-refractivity contribution in [3.63, 3.8) is 0 Å². The molecule has 0 aromatic heterocycles. The van der Waals surface area contributed by atoms with Gasteiger partial charge in [-0.25, -0.2) is 4.57 Å². The molecule has 9 nitrogen and oxygen atoms in total. The van der Waals surface area contributed by atoms with Crippen LogP contribution in [-0.4, -0.2) is 59.0 Å². The Bertz CT molecular complexity index is 868. The Labute approximate surface area is 293 Å². The van der Waals surface area contributed by atoms with Crippen molar-refractivity contribution in [3.05, 3.63) is 36.5 Å². The van der Waals surface area contributed by atoms with Gasteiger partial charge in [0.1, 0.15) is 0 Å². The van der Waals surface area contributed by atoms with Crippen molar-refractivity contribution in [2.75, 3.05) is 19.8 Å². The zero-order valence-corrected chi connectivity index (χ0v) is 31.5. The maximum Gasteiger partial charge on any atom is 0.472 e. The summed E-state index contributed by atoms with van der Waals surface area (Å²) in [6, 6.07) is -0.987. The maximum atomic E-state index is 12.7.